The minimum absolute atomic E-state index is 0.170. The summed E-state index contributed by atoms with van der Waals surface area (Å²) < 4.78 is 3.45. The number of piperazine rings is 1. The number of allylic oxidation sites excluding steroid dienone is 1. The van der Waals surface area contributed by atoms with Crippen LogP contribution >= 0.6 is 0 Å². The first-order valence-electron chi connectivity index (χ1n) is 21.2. The van der Waals surface area contributed by atoms with Crippen LogP contribution in [-0.4, -0.2) is 92.9 Å². The van der Waals surface area contributed by atoms with Gasteiger partial charge in [0.1, 0.15) is 11.4 Å². The number of imide groups is 1. The average Bonchev–Trinajstić information content (AvgIpc) is 3.80. The number of rotatable bonds is 12. The van der Waals surface area contributed by atoms with E-state index in [0.717, 1.165) is 95.0 Å². The van der Waals surface area contributed by atoms with Gasteiger partial charge in [-0.2, -0.15) is 4.98 Å². The van der Waals surface area contributed by atoms with Crippen LogP contribution in [0.5, 0.6) is 0 Å². The Hall–Kier alpha value is -6.02. The SMILES string of the molecule is C=CCn1c(=O)c2cnc(Nc3ccc(N4CCN(CC5CCN(c6cccc(NC7CCC(=O)NC7=O)c6)CC5)CC4)cc3)nc2n1-c1ccc2c(n1)C(CC)CC2. The van der Waals surface area contributed by atoms with Crippen LogP contribution in [0.1, 0.15) is 62.6 Å². The number of fused-ring (bicyclic) bond motifs is 2. The lowest BCUT2D eigenvalue weighted by molar-refractivity contribution is -0.133. The van der Waals surface area contributed by atoms with Crippen molar-refractivity contribution in [1.82, 2.24) is 34.5 Å². The Labute approximate surface area is 344 Å². The first-order valence-corrected chi connectivity index (χ1v) is 21.2. The Morgan fingerprint density at radius 3 is 2.41 bits per heavy atom. The second-order valence-corrected chi connectivity index (χ2v) is 16.4. The summed E-state index contributed by atoms with van der Waals surface area (Å²) in [4.78, 5) is 59.3. The number of piperidine rings is 2. The molecule has 0 spiro atoms. The van der Waals surface area contributed by atoms with E-state index in [-0.39, 0.29) is 23.4 Å². The number of pyridine rings is 1. The molecule has 14 nitrogen and oxygen atoms in total. The van der Waals surface area contributed by atoms with E-state index in [1.54, 1.807) is 17.0 Å². The molecule has 5 aromatic rings. The number of aryl methyl sites for hydroxylation is 1. The molecule has 2 amide bonds. The van der Waals surface area contributed by atoms with Crippen molar-refractivity contribution in [2.75, 3.05) is 66.2 Å². The van der Waals surface area contributed by atoms with Gasteiger partial charge < -0.3 is 20.4 Å². The zero-order valence-corrected chi connectivity index (χ0v) is 33.8. The molecule has 9 rings (SSSR count). The number of carbonyl (C=O) groups excluding carboxylic acids is 2. The molecule has 2 atom stereocenters. The second kappa shape index (κ2) is 16.7. The summed E-state index contributed by atoms with van der Waals surface area (Å²) in [5.41, 5.74) is 6.89. The van der Waals surface area contributed by atoms with Gasteiger partial charge in [0.15, 0.2) is 11.5 Å². The predicted octanol–water partition coefficient (Wildman–Crippen LogP) is 5.60. The Balaban J connectivity index is 0.784. The van der Waals surface area contributed by atoms with Crippen LogP contribution in [0, 0.1) is 5.92 Å². The van der Waals surface area contributed by atoms with Crippen LogP contribution in [0.3, 0.4) is 0 Å². The van der Waals surface area contributed by atoms with Crippen molar-refractivity contribution in [3.05, 3.63) is 101 Å². The third-order valence-electron chi connectivity index (χ3n) is 12.6. The molecule has 3 aliphatic heterocycles. The van der Waals surface area contributed by atoms with E-state index in [1.165, 1.54) is 16.9 Å². The highest BCUT2D eigenvalue weighted by atomic mass is 16.2. The predicted molar refractivity (Wildman–Crippen MR) is 232 cm³/mol. The monoisotopic (exact) mass is 795 g/mol. The van der Waals surface area contributed by atoms with Gasteiger partial charge in [-0.15, -0.1) is 6.58 Å². The normalized spacial score (nSPS) is 20.2. The van der Waals surface area contributed by atoms with Crippen molar-refractivity contribution in [1.29, 1.82) is 0 Å². The molecule has 306 valence electrons. The summed E-state index contributed by atoms with van der Waals surface area (Å²) in [5.74, 6) is 1.74. The number of nitrogens with zero attached hydrogens (tertiary/aromatic N) is 8. The van der Waals surface area contributed by atoms with E-state index in [2.05, 4.69) is 91.6 Å². The van der Waals surface area contributed by atoms with Gasteiger partial charge in [-0.25, -0.2) is 19.3 Å². The maximum atomic E-state index is 13.5. The van der Waals surface area contributed by atoms with E-state index < -0.39 is 0 Å². The number of benzene rings is 2. The molecule has 0 saturated carbocycles. The summed E-state index contributed by atoms with van der Waals surface area (Å²) in [6.07, 6.45) is 9.68. The standard InChI is InChI=1S/C45H53N11O3/c1-3-20-55-44(59)37-28-46-45(51-42(37)56(55)39-16-10-32-9-8-31(4-2)41(32)49-39)48-33-11-13-35(14-12-33)54-25-23-52(24-26-54)29-30-18-21-53(22-19-30)36-7-5-6-34(27-36)47-38-15-17-40(57)50-43(38)58/h3,5-7,10-14,16,27-28,30-31,38,47H,1,4,8-9,15,17-26,29H2,2H3,(H,46,48,51)(H,50,57,58). The van der Waals surface area contributed by atoms with Crippen molar-refractivity contribution in [3.8, 4) is 5.82 Å². The van der Waals surface area contributed by atoms with Crippen molar-refractivity contribution >= 4 is 51.5 Å². The third kappa shape index (κ3) is 8.05. The van der Waals surface area contributed by atoms with Gasteiger partial charge in [0.25, 0.3) is 5.56 Å². The lowest BCUT2D eigenvalue weighted by Crippen LogP contribution is -2.49. The van der Waals surface area contributed by atoms with E-state index in [0.29, 0.717) is 54.0 Å². The third-order valence-corrected chi connectivity index (χ3v) is 12.6. The molecule has 59 heavy (non-hydrogen) atoms. The first-order chi connectivity index (χ1) is 28.8. The zero-order valence-electron chi connectivity index (χ0n) is 33.8. The van der Waals surface area contributed by atoms with Gasteiger partial charge >= 0.3 is 0 Å². The number of hydrogen-bond donors (Lipinski definition) is 3. The fourth-order valence-electron chi connectivity index (χ4n) is 9.29. The van der Waals surface area contributed by atoms with Gasteiger partial charge in [0, 0.05) is 92.8 Å². The highest BCUT2D eigenvalue weighted by molar-refractivity contribution is 6.01. The quantitative estimate of drug-likeness (QED) is 0.107. The number of hydrogen-bond acceptors (Lipinski definition) is 11. The van der Waals surface area contributed by atoms with Crippen molar-refractivity contribution in [3.63, 3.8) is 0 Å². The van der Waals surface area contributed by atoms with E-state index in [1.807, 2.05) is 22.9 Å². The molecule has 6 heterocycles. The molecule has 0 bridgehead atoms. The minimum atomic E-state index is -0.383. The molecular weight excluding hydrogens is 743 g/mol. The topological polar surface area (TPSA) is 146 Å². The van der Waals surface area contributed by atoms with E-state index >= 15 is 0 Å². The highest BCUT2D eigenvalue weighted by Crippen LogP contribution is 2.35. The lowest BCUT2D eigenvalue weighted by atomic mass is 9.95. The van der Waals surface area contributed by atoms with Gasteiger partial charge in [-0.05, 0) is 98.5 Å². The molecule has 2 unspecified atom stereocenters. The molecule has 1 aliphatic carbocycles. The molecule has 3 aromatic heterocycles. The fourth-order valence-corrected chi connectivity index (χ4v) is 9.29. The molecule has 14 heteroatoms. The van der Waals surface area contributed by atoms with Crippen LogP contribution in [0.4, 0.5) is 28.7 Å². The van der Waals surface area contributed by atoms with E-state index in [4.69, 9.17) is 9.97 Å². The van der Waals surface area contributed by atoms with Crippen molar-refractivity contribution in [2.45, 2.75) is 70.4 Å². The number of anilines is 5. The second-order valence-electron chi connectivity index (χ2n) is 16.4. The summed E-state index contributed by atoms with van der Waals surface area (Å²) >= 11 is 0. The first kappa shape index (κ1) is 38.5. The average molecular weight is 796 g/mol. The van der Waals surface area contributed by atoms with E-state index in [9.17, 15) is 14.4 Å². The van der Waals surface area contributed by atoms with Crippen LogP contribution in [-0.2, 0) is 22.6 Å². The molecule has 3 saturated heterocycles. The maximum absolute atomic E-state index is 13.5. The summed E-state index contributed by atoms with van der Waals surface area (Å²) in [6, 6.07) is 20.5. The van der Waals surface area contributed by atoms with Gasteiger partial charge in [0.05, 0.1) is 6.54 Å². The molecule has 3 fully saturated rings. The highest BCUT2D eigenvalue weighted by Gasteiger charge is 2.28. The van der Waals surface area contributed by atoms with Crippen LogP contribution in [0.2, 0.25) is 0 Å². The summed E-state index contributed by atoms with van der Waals surface area (Å²) in [7, 11) is 0. The van der Waals surface area contributed by atoms with Gasteiger partial charge in [-0.1, -0.05) is 25.1 Å². The Morgan fingerprint density at radius 1 is 0.847 bits per heavy atom. The van der Waals surface area contributed by atoms with Crippen LogP contribution in [0.25, 0.3) is 16.9 Å². The number of carbonyl (C=O) groups is 2. The van der Waals surface area contributed by atoms with Crippen LogP contribution in [0.15, 0.2) is 84.3 Å². The van der Waals surface area contributed by atoms with Crippen molar-refractivity contribution < 1.29 is 9.59 Å². The molecule has 3 N–H and O–H groups in total. The Bertz CT molecular complexity index is 2410. The molecule has 2 aromatic carbocycles. The Morgan fingerprint density at radius 2 is 1.64 bits per heavy atom. The van der Waals surface area contributed by atoms with Gasteiger partial charge in [-0.3, -0.25) is 24.6 Å². The maximum Gasteiger partial charge on any atom is 0.278 e. The fraction of sp³-hybridized carbons (Fsp3) is 0.422. The number of aromatic nitrogens is 5. The summed E-state index contributed by atoms with van der Waals surface area (Å²) in [6.45, 7) is 13.6. The van der Waals surface area contributed by atoms with Crippen LogP contribution < -0.4 is 31.3 Å². The van der Waals surface area contributed by atoms with Gasteiger partial charge in [0.2, 0.25) is 17.8 Å². The Kier molecular flexibility index (Phi) is 10.9. The zero-order chi connectivity index (χ0) is 40.5. The number of nitrogens with one attached hydrogen (secondary N) is 3. The smallest absolute Gasteiger partial charge is 0.278 e. The molecule has 0 radical (unpaired) electrons. The largest absolute Gasteiger partial charge is 0.374 e. The molecular formula is C45H53N11O3. The number of amides is 2. The molecule has 4 aliphatic rings. The van der Waals surface area contributed by atoms with Crippen molar-refractivity contribution in [2.24, 2.45) is 5.92 Å². The lowest BCUT2D eigenvalue weighted by Gasteiger charge is -2.40. The minimum Gasteiger partial charge on any atom is -0.374 e. The summed E-state index contributed by atoms with van der Waals surface area (Å²) in [5, 5.41) is 9.56.